The van der Waals surface area contributed by atoms with Gasteiger partial charge in [-0.15, -0.1) is 0 Å². The molecule has 0 bridgehead atoms. The maximum Gasteiger partial charge on any atom is 0.407 e. The number of alkyl carbamates (subject to hydrolysis) is 1. The van der Waals surface area contributed by atoms with Gasteiger partial charge in [-0.2, -0.15) is 0 Å². The Morgan fingerprint density at radius 1 is 1.12 bits per heavy atom. The molecule has 1 aliphatic heterocycles. The van der Waals surface area contributed by atoms with Crippen LogP contribution in [0, 0.1) is 5.41 Å². The zero-order valence-corrected chi connectivity index (χ0v) is 19.7. The molecule has 1 fully saturated rings. The molecule has 8 heteroatoms. The molecular weight excluding hydrogens is 436 g/mol. The lowest BCUT2D eigenvalue weighted by Gasteiger charge is -2.40. The highest BCUT2D eigenvalue weighted by Crippen LogP contribution is 2.44. The molecule has 8 nitrogen and oxygen atoms in total. The molecule has 2 aromatic carbocycles. The number of aliphatic carboxylic acids is 1. The highest BCUT2D eigenvalue weighted by Gasteiger charge is 2.43. The molecule has 1 unspecified atom stereocenters. The first kappa shape index (κ1) is 23.8. The molecule has 2 N–H and O–H groups in total. The second-order valence-corrected chi connectivity index (χ2v) is 9.67. The predicted molar refractivity (Wildman–Crippen MR) is 125 cm³/mol. The van der Waals surface area contributed by atoms with Gasteiger partial charge >= 0.3 is 12.1 Å². The van der Waals surface area contributed by atoms with Crippen LogP contribution in [-0.2, 0) is 19.1 Å². The third-order valence-electron chi connectivity index (χ3n) is 6.61. The van der Waals surface area contributed by atoms with Crippen LogP contribution in [0.2, 0.25) is 0 Å². The summed E-state index contributed by atoms with van der Waals surface area (Å²) in [5, 5.41) is 12.1. The van der Waals surface area contributed by atoms with E-state index in [1.807, 2.05) is 24.3 Å². The Labute approximate surface area is 198 Å². The Bertz CT molecular complexity index is 1070. The van der Waals surface area contributed by atoms with Crippen LogP contribution in [-0.4, -0.2) is 66.4 Å². The largest absolute Gasteiger partial charge is 0.479 e. The first-order valence-corrected chi connectivity index (χ1v) is 11.4. The Hall–Kier alpha value is -3.39. The minimum atomic E-state index is -1.44. The van der Waals surface area contributed by atoms with E-state index >= 15 is 0 Å². The van der Waals surface area contributed by atoms with Crippen molar-refractivity contribution in [2.45, 2.75) is 32.3 Å². The van der Waals surface area contributed by atoms with Crippen molar-refractivity contribution in [3.8, 4) is 11.1 Å². The molecule has 0 spiro atoms. The molecule has 180 valence electrons. The standard InChI is InChI=1S/C26H30N2O6/c1-25(2,22(29)28-12-13-34-26(3,16-28)23(30)31)15-27-24(32)33-14-21-19-10-6-4-8-17(19)18-9-5-7-11-20(18)21/h4-11,21H,12-16H2,1-3H3,(H,27,32)(H,30,31). The number of carbonyl (C=O) groups is 3. The molecule has 2 aliphatic rings. The van der Waals surface area contributed by atoms with Crippen LogP contribution in [0.4, 0.5) is 4.79 Å². The summed E-state index contributed by atoms with van der Waals surface area (Å²) in [5.74, 6) is -1.41. The number of benzene rings is 2. The van der Waals surface area contributed by atoms with Crippen molar-refractivity contribution in [3.05, 3.63) is 59.7 Å². The van der Waals surface area contributed by atoms with Crippen LogP contribution in [0.1, 0.15) is 37.8 Å². The first-order valence-electron chi connectivity index (χ1n) is 11.4. The number of hydrogen-bond donors (Lipinski definition) is 2. The van der Waals surface area contributed by atoms with Crippen molar-refractivity contribution in [2.24, 2.45) is 5.41 Å². The molecular formula is C26H30N2O6. The van der Waals surface area contributed by atoms with Crippen molar-refractivity contribution in [3.63, 3.8) is 0 Å². The topological polar surface area (TPSA) is 105 Å². The van der Waals surface area contributed by atoms with Crippen molar-refractivity contribution in [1.82, 2.24) is 10.2 Å². The van der Waals surface area contributed by atoms with Crippen LogP contribution >= 0.6 is 0 Å². The number of rotatable bonds is 6. The van der Waals surface area contributed by atoms with Gasteiger partial charge in [0.25, 0.3) is 0 Å². The molecule has 2 amide bonds. The number of nitrogens with zero attached hydrogens (tertiary/aromatic N) is 1. The summed E-state index contributed by atoms with van der Waals surface area (Å²) in [6, 6.07) is 16.2. The summed E-state index contributed by atoms with van der Waals surface area (Å²) in [4.78, 5) is 38.6. The second-order valence-electron chi connectivity index (χ2n) is 9.67. The van der Waals surface area contributed by atoms with Gasteiger partial charge in [0, 0.05) is 19.0 Å². The van der Waals surface area contributed by atoms with Gasteiger partial charge in [-0.1, -0.05) is 48.5 Å². The average molecular weight is 467 g/mol. The lowest BCUT2D eigenvalue weighted by molar-refractivity contribution is -0.179. The summed E-state index contributed by atoms with van der Waals surface area (Å²) in [7, 11) is 0. The van der Waals surface area contributed by atoms with Crippen molar-refractivity contribution in [2.75, 3.05) is 32.8 Å². The lowest BCUT2D eigenvalue weighted by atomic mass is 9.90. The molecule has 1 atom stereocenters. The number of ether oxygens (including phenoxy) is 2. The van der Waals surface area contributed by atoms with Crippen LogP contribution in [0.3, 0.4) is 0 Å². The summed E-state index contributed by atoms with van der Waals surface area (Å²) in [5.41, 5.74) is 2.17. The number of morpholine rings is 1. The summed E-state index contributed by atoms with van der Waals surface area (Å²) in [6.07, 6.45) is -0.597. The Morgan fingerprint density at radius 3 is 2.29 bits per heavy atom. The molecule has 0 radical (unpaired) electrons. The lowest BCUT2D eigenvalue weighted by Crippen LogP contribution is -2.59. The van der Waals surface area contributed by atoms with Gasteiger partial charge in [0.15, 0.2) is 5.60 Å². The Balaban J connectivity index is 1.34. The first-order chi connectivity index (χ1) is 16.1. The number of nitrogens with one attached hydrogen (secondary N) is 1. The molecule has 0 aromatic heterocycles. The fraction of sp³-hybridized carbons (Fsp3) is 0.423. The maximum atomic E-state index is 13.1. The van der Waals surface area contributed by atoms with E-state index in [1.54, 1.807) is 13.8 Å². The molecule has 1 saturated heterocycles. The molecule has 4 rings (SSSR count). The highest BCUT2D eigenvalue weighted by atomic mass is 16.5. The monoisotopic (exact) mass is 466 g/mol. The van der Waals surface area contributed by atoms with Gasteiger partial charge in [-0.3, -0.25) is 4.79 Å². The van der Waals surface area contributed by atoms with E-state index in [-0.39, 0.29) is 38.1 Å². The fourth-order valence-corrected chi connectivity index (χ4v) is 4.62. The number of carboxylic acid groups (broad SMARTS) is 1. The van der Waals surface area contributed by atoms with Crippen molar-refractivity contribution < 1.29 is 29.0 Å². The molecule has 1 aliphatic carbocycles. The van der Waals surface area contributed by atoms with Crippen molar-refractivity contribution in [1.29, 1.82) is 0 Å². The summed E-state index contributed by atoms with van der Waals surface area (Å²) < 4.78 is 10.9. The minimum Gasteiger partial charge on any atom is -0.479 e. The number of carbonyl (C=O) groups excluding carboxylic acids is 2. The zero-order valence-electron chi connectivity index (χ0n) is 19.7. The zero-order chi connectivity index (χ0) is 24.5. The van der Waals surface area contributed by atoms with Gasteiger partial charge in [-0.25, -0.2) is 9.59 Å². The van der Waals surface area contributed by atoms with Crippen LogP contribution in [0.5, 0.6) is 0 Å². The van der Waals surface area contributed by atoms with E-state index in [9.17, 15) is 19.5 Å². The normalized spacial score (nSPS) is 19.8. The number of fused-ring (bicyclic) bond motifs is 3. The number of carboxylic acids is 1. The van der Waals surface area contributed by atoms with E-state index < -0.39 is 23.1 Å². The van der Waals surface area contributed by atoms with E-state index in [2.05, 4.69) is 29.6 Å². The van der Waals surface area contributed by atoms with Crippen LogP contribution in [0.15, 0.2) is 48.5 Å². The molecule has 2 aromatic rings. The van der Waals surface area contributed by atoms with Crippen molar-refractivity contribution >= 4 is 18.0 Å². The Morgan fingerprint density at radius 2 is 1.71 bits per heavy atom. The van der Waals surface area contributed by atoms with Gasteiger partial charge < -0.3 is 24.8 Å². The van der Waals surface area contributed by atoms with Crippen LogP contribution in [0.25, 0.3) is 11.1 Å². The van der Waals surface area contributed by atoms with Crippen LogP contribution < -0.4 is 5.32 Å². The van der Waals surface area contributed by atoms with Gasteiger partial charge in [0.2, 0.25) is 5.91 Å². The average Bonchev–Trinajstić information content (AvgIpc) is 3.14. The number of amides is 2. The molecule has 34 heavy (non-hydrogen) atoms. The van der Waals surface area contributed by atoms with E-state index in [1.165, 1.54) is 11.8 Å². The summed E-state index contributed by atoms with van der Waals surface area (Å²) in [6.45, 7) is 5.53. The smallest absolute Gasteiger partial charge is 0.407 e. The quantitative estimate of drug-likeness (QED) is 0.677. The predicted octanol–water partition coefficient (Wildman–Crippen LogP) is 3.25. The van der Waals surface area contributed by atoms with E-state index in [0.29, 0.717) is 6.54 Å². The Kier molecular flexibility index (Phi) is 6.36. The van der Waals surface area contributed by atoms with Gasteiger partial charge in [-0.05, 0) is 43.0 Å². The number of hydrogen-bond acceptors (Lipinski definition) is 5. The molecule has 0 saturated carbocycles. The van der Waals surface area contributed by atoms with Gasteiger partial charge in [0.05, 0.1) is 18.6 Å². The van der Waals surface area contributed by atoms with Gasteiger partial charge in [0.1, 0.15) is 6.61 Å². The maximum absolute atomic E-state index is 13.1. The SMILES string of the molecule is CC(C)(CNC(=O)OCC1c2ccccc2-c2ccccc21)C(=O)N1CCOC(C)(C(=O)O)C1. The third-order valence-corrected chi connectivity index (χ3v) is 6.61. The second kappa shape index (κ2) is 9.10. The fourth-order valence-electron chi connectivity index (χ4n) is 4.62. The summed E-state index contributed by atoms with van der Waals surface area (Å²) >= 11 is 0. The van der Waals surface area contributed by atoms with E-state index in [4.69, 9.17) is 9.47 Å². The third kappa shape index (κ3) is 4.50. The molecule has 1 heterocycles. The minimum absolute atomic E-state index is 0.0461. The van der Waals surface area contributed by atoms with E-state index in [0.717, 1.165) is 22.3 Å². The highest BCUT2D eigenvalue weighted by molar-refractivity contribution is 5.85.